The van der Waals surface area contributed by atoms with E-state index in [1.807, 2.05) is 0 Å². The lowest BCUT2D eigenvalue weighted by molar-refractivity contribution is 0.414. The molecule has 0 fully saturated rings. The third-order valence-corrected chi connectivity index (χ3v) is 3.93. The van der Waals surface area contributed by atoms with Crippen LogP contribution in [0.1, 0.15) is 11.1 Å². The van der Waals surface area contributed by atoms with E-state index in [-0.39, 0.29) is 19.0 Å². The van der Waals surface area contributed by atoms with Crippen molar-refractivity contribution in [1.82, 2.24) is 14.1 Å². The Hall–Kier alpha value is -3.42. The van der Waals surface area contributed by atoms with Crippen molar-refractivity contribution in [2.24, 2.45) is 0 Å². The average molecular weight is 356 g/mol. The van der Waals surface area contributed by atoms with Gasteiger partial charge in [-0.15, -0.1) is 0 Å². The molecule has 0 aliphatic rings. The monoisotopic (exact) mass is 356 g/mol. The fourth-order valence-corrected chi connectivity index (χ4v) is 2.51. The highest BCUT2D eigenvalue weighted by atomic mass is 19.1. The van der Waals surface area contributed by atoms with Crippen molar-refractivity contribution in [3.8, 4) is 5.75 Å². The third kappa shape index (κ3) is 3.64. The van der Waals surface area contributed by atoms with Crippen molar-refractivity contribution in [3.05, 3.63) is 86.4 Å². The molecule has 1 aromatic heterocycles. The van der Waals surface area contributed by atoms with Gasteiger partial charge in [-0.25, -0.2) is 18.5 Å². The normalized spacial score (nSPS) is 10.7. The fraction of sp³-hybridized carbons (Fsp3) is 0.167. The first kappa shape index (κ1) is 17.4. The van der Waals surface area contributed by atoms with Gasteiger partial charge in [0.2, 0.25) is 5.95 Å². The van der Waals surface area contributed by atoms with Crippen molar-refractivity contribution in [2.75, 3.05) is 12.8 Å². The minimum absolute atomic E-state index is 0.0200. The third-order valence-electron chi connectivity index (χ3n) is 3.93. The lowest BCUT2D eigenvalue weighted by atomic mass is 10.2. The van der Waals surface area contributed by atoms with E-state index in [0.717, 1.165) is 10.1 Å². The molecular weight excluding hydrogens is 339 g/mol. The highest BCUT2D eigenvalue weighted by Crippen LogP contribution is 2.12. The molecule has 0 aliphatic heterocycles. The molecule has 0 atom stereocenters. The summed E-state index contributed by atoms with van der Waals surface area (Å²) in [5.41, 5.74) is 5.85. The molecule has 0 aliphatic carbocycles. The van der Waals surface area contributed by atoms with Crippen LogP contribution >= 0.6 is 0 Å². The minimum Gasteiger partial charge on any atom is -0.497 e. The molecule has 8 heteroatoms. The number of nitrogen functional groups attached to an aromatic ring is 1. The number of methoxy groups -OCH3 is 1. The second-order valence-corrected chi connectivity index (χ2v) is 5.68. The highest BCUT2D eigenvalue weighted by molar-refractivity contribution is 5.28. The summed E-state index contributed by atoms with van der Waals surface area (Å²) in [5, 5.41) is 0. The highest BCUT2D eigenvalue weighted by Gasteiger charge is 2.12. The number of hydrogen-bond donors (Lipinski definition) is 1. The van der Waals surface area contributed by atoms with Gasteiger partial charge in [-0.05, 0) is 35.4 Å². The largest absolute Gasteiger partial charge is 0.497 e. The molecule has 0 amide bonds. The second-order valence-electron chi connectivity index (χ2n) is 5.68. The Balaban J connectivity index is 1.96. The Labute approximate surface area is 148 Å². The van der Waals surface area contributed by atoms with Crippen LogP contribution < -0.4 is 21.9 Å². The lowest BCUT2D eigenvalue weighted by Crippen LogP contribution is -2.43. The van der Waals surface area contributed by atoms with Crippen LogP contribution in [0.15, 0.2) is 58.1 Å². The van der Waals surface area contributed by atoms with Crippen LogP contribution in [0.2, 0.25) is 0 Å². The van der Waals surface area contributed by atoms with Gasteiger partial charge < -0.3 is 10.5 Å². The lowest BCUT2D eigenvalue weighted by Gasteiger charge is -2.12. The van der Waals surface area contributed by atoms with E-state index >= 15 is 0 Å². The van der Waals surface area contributed by atoms with E-state index in [1.165, 1.54) is 28.8 Å². The summed E-state index contributed by atoms with van der Waals surface area (Å²) < 4.78 is 20.3. The molecule has 2 N–H and O–H groups in total. The van der Waals surface area contributed by atoms with E-state index in [2.05, 4.69) is 4.98 Å². The first-order valence-electron chi connectivity index (χ1n) is 7.82. The predicted octanol–water partition coefficient (Wildman–Crippen LogP) is 1.23. The van der Waals surface area contributed by atoms with Gasteiger partial charge in [0.15, 0.2) is 0 Å². The van der Waals surface area contributed by atoms with Crippen LogP contribution in [0.3, 0.4) is 0 Å². The van der Waals surface area contributed by atoms with E-state index in [1.54, 1.807) is 31.4 Å². The standard InChI is InChI=1S/C18H17FN4O3/c1-26-15-8-4-13(5-9-15)10-22-16(20)21-17(24)23(18(22)25)11-12-2-6-14(19)7-3-12/h2-9H,10-11H2,1H3,(H2,20,21,24). The summed E-state index contributed by atoms with van der Waals surface area (Å²) >= 11 is 0. The van der Waals surface area contributed by atoms with Crippen LogP contribution in [0, 0.1) is 5.82 Å². The predicted molar refractivity (Wildman–Crippen MR) is 94.8 cm³/mol. The van der Waals surface area contributed by atoms with Crippen LogP contribution in [-0.4, -0.2) is 21.2 Å². The number of nitrogens with zero attached hydrogens (tertiary/aromatic N) is 3. The Bertz CT molecular complexity index is 1020. The molecule has 26 heavy (non-hydrogen) atoms. The maximum atomic E-state index is 13.0. The van der Waals surface area contributed by atoms with E-state index in [9.17, 15) is 14.0 Å². The van der Waals surface area contributed by atoms with Crippen LogP contribution in [-0.2, 0) is 13.1 Å². The molecule has 2 aromatic carbocycles. The average Bonchev–Trinajstić information content (AvgIpc) is 2.64. The number of rotatable bonds is 5. The molecular formula is C18H17FN4O3. The zero-order chi connectivity index (χ0) is 18.7. The zero-order valence-corrected chi connectivity index (χ0v) is 14.1. The minimum atomic E-state index is -0.747. The zero-order valence-electron chi connectivity index (χ0n) is 14.1. The number of aromatic nitrogens is 3. The van der Waals surface area contributed by atoms with Gasteiger partial charge in [0.25, 0.3) is 0 Å². The van der Waals surface area contributed by atoms with Crippen molar-refractivity contribution in [1.29, 1.82) is 0 Å². The molecule has 0 spiro atoms. The number of benzene rings is 2. The molecule has 7 nitrogen and oxygen atoms in total. The molecule has 1 heterocycles. The number of halogens is 1. The van der Waals surface area contributed by atoms with Gasteiger partial charge >= 0.3 is 11.4 Å². The van der Waals surface area contributed by atoms with Gasteiger partial charge in [-0.1, -0.05) is 24.3 Å². The van der Waals surface area contributed by atoms with Crippen LogP contribution in [0.5, 0.6) is 5.75 Å². The van der Waals surface area contributed by atoms with Crippen LogP contribution in [0.4, 0.5) is 10.3 Å². The summed E-state index contributed by atoms with van der Waals surface area (Å²) in [6.45, 7) is 0.138. The van der Waals surface area contributed by atoms with Gasteiger partial charge in [0.1, 0.15) is 11.6 Å². The van der Waals surface area contributed by atoms with Crippen molar-refractivity contribution in [2.45, 2.75) is 13.1 Å². The van der Waals surface area contributed by atoms with Crippen LogP contribution in [0.25, 0.3) is 0 Å². The molecule has 0 radical (unpaired) electrons. The van der Waals surface area contributed by atoms with Gasteiger partial charge in [-0.3, -0.25) is 4.57 Å². The molecule has 0 unspecified atom stereocenters. The SMILES string of the molecule is COc1ccc(Cn2c(N)nc(=O)n(Cc3ccc(F)cc3)c2=O)cc1. The van der Waals surface area contributed by atoms with Crippen molar-refractivity contribution >= 4 is 5.95 Å². The number of hydrogen-bond acceptors (Lipinski definition) is 5. The van der Waals surface area contributed by atoms with Gasteiger partial charge in [0, 0.05) is 0 Å². The molecule has 134 valence electrons. The van der Waals surface area contributed by atoms with E-state index in [4.69, 9.17) is 10.5 Å². The Morgan fingerprint density at radius 3 is 2.08 bits per heavy atom. The molecule has 3 rings (SSSR count). The van der Waals surface area contributed by atoms with Gasteiger partial charge in [-0.2, -0.15) is 4.98 Å². The second kappa shape index (κ2) is 7.22. The Morgan fingerprint density at radius 2 is 1.50 bits per heavy atom. The summed E-state index contributed by atoms with van der Waals surface area (Å²) in [4.78, 5) is 28.5. The van der Waals surface area contributed by atoms with Crippen molar-refractivity contribution in [3.63, 3.8) is 0 Å². The molecule has 3 aromatic rings. The summed E-state index contributed by atoms with van der Waals surface area (Å²) in [6, 6.07) is 12.6. The summed E-state index contributed by atoms with van der Waals surface area (Å²) in [7, 11) is 1.56. The van der Waals surface area contributed by atoms with Crippen molar-refractivity contribution < 1.29 is 9.13 Å². The quantitative estimate of drug-likeness (QED) is 0.742. The fourth-order valence-electron chi connectivity index (χ4n) is 2.51. The topological polar surface area (TPSA) is 92.1 Å². The maximum Gasteiger partial charge on any atom is 0.355 e. The van der Waals surface area contributed by atoms with E-state index in [0.29, 0.717) is 11.3 Å². The van der Waals surface area contributed by atoms with Gasteiger partial charge in [0.05, 0.1) is 20.2 Å². The first-order valence-corrected chi connectivity index (χ1v) is 7.82. The Kier molecular flexibility index (Phi) is 4.83. The maximum absolute atomic E-state index is 13.0. The molecule has 0 saturated carbocycles. The van der Waals surface area contributed by atoms with E-state index < -0.39 is 17.2 Å². The molecule has 0 bridgehead atoms. The summed E-state index contributed by atoms with van der Waals surface area (Å²) in [6.07, 6.45) is 0. The molecule has 0 saturated heterocycles. The summed E-state index contributed by atoms with van der Waals surface area (Å²) in [5.74, 6) is 0.132. The smallest absolute Gasteiger partial charge is 0.355 e. The Morgan fingerprint density at radius 1 is 0.962 bits per heavy atom. The number of anilines is 1. The number of nitrogens with two attached hydrogens (primary N) is 1. The number of ether oxygens (including phenoxy) is 1. The first-order chi connectivity index (χ1) is 12.5.